The largest absolute Gasteiger partial charge is 0.451 e. The van der Waals surface area contributed by atoms with E-state index in [1.807, 2.05) is 19.1 Å². The molecule has 4 aromatic rings. The van der Waals surface area contributed by atoms with Crippen LogP contribution in [0.5, 0.6) is 0 Å². The van der Waals surface area contributed by atoms with E-state index < -0.39 is 0 Å². The Bertz CT molecular complexity index is 955. The van der Waals surface area contributed by atoms with E-state index in [4.69, 9.17) is 4.42 Å². The second kappa shape index (κ2) is 4.61. The summed E-state index contributed by atoms with van der Waals surface area (Å²) in [5, 5.41) is 4.29. The van der Waals surface area contributed by atoms with Gasteiger partial charge in [-0.05, 0) is 19.1 Å². The van der Waals surface area contributed by atoms with Crippen molar-refractivity contribution >= 4 is 54.1 Å². The lowest BCUT2D eigenvalue weighted by Gasteiger charge is -1.95. The van der Waals surface area contributed by atoms with Gasteiger partial charge < -0.3 is 4.42 Å². The fourth-order valence-electron chi connectivity index (χ4n) is 2.02. The molecule has 0 fully saturated rings. The lowest BCUT2D eigenvalue weighted by molar-refractivity contribution is 0.102. The molecule has 21 heavy (non-hydrogen) atoms. The van der Waals surface area contributed by atoms with Gasteiger partial charge in [0.15, 0.2) is 17.2 Å². The summed E-state index contributed by atoms with van der Waals surface area (Å²) in [4.78, 5) is 24.6. The van der Waals surface area contributed by atoms with Crippen molar-refractivity contribution in [1.29, 1.82) is 0 Å². The molecule has 3 aromatic heterocycles. The second-order valence-electron chi connectivity index (χ2n) is 4.34. The molecule has 1 amide bonds. The maximum atomic E-state index is 11.9. The minimum atomic E-state index is -0.334. The summed E-state index contributed by atoms with van der Waals surface area (Å²) in [6.07, 6.45) is 2.52. The Labute approximate surface area is 126 Å². The third-order valence-corrected chi connectivity index (χ3v) is 5.04. The van der Waals surface area contributed by atoms with Crippen LogP contribution in [-0.2, 0) is 0 Å². The number of aryl methyl sites for hydroxylation is 1. The highest BCUT2D eigenvalue weighted by Gasteiger charge is 2.14. The molecule has 6 nitrogen and oxygen atoms in total. The number of nitrogens with one attached hydrogen (secondary N) is 1. The van der Waals surface area contributed by atoms with Gasteiger partial charge in [0.05, 0.1) is 25.4 Å². The normalized spacial score (nSPS) is 11.3. The number of carbonyl (C=O) groups is 1. The summed E-state index contributed by atoms with van der Waals surface area (Å²) in [6, 6.07) is 3.86. The standard InChI is InChI=1S/C13H8N4O2S2/c1-6-15-7-2-3-8-11(10(7)20-6)21-13(16-8)17-12(18)9-4-19-5-14-9/h2-5H,1H3,(H,16,17,18). The van der Waals surface area contributed by atoms with Crippen molar-refractivity contribution in [2.24, 2.45) is 0 Å². The number of amides is 1. The predicted molar refractivity (Wildman–Crippen MR) is 82.0 cm³/mol. The molecule has 0 saturated heterocycles. The lowest BCUT2D eigenvalue weighted by atomic mass is 10.3. The average Bonchev–Trinajstić information content (AvgIpc) is 3.14. The molecule has 0 unspecified atom stereocenters. The average molecular weight is 316 g/mol. The van der Waals surface area contributed by atoms with Gasteiger partial charge in [-0.3, -0.25) is 10.1 Å². The van der Waals surface area contributed by atoms with E-state index in [9.17, 15) is 4.79 Å². The van der Waals surface area contributed by atoms with E-state index >= 15 is 0 Å². The predicted octanol–water partition coefficient (Wildman–Crippen LogP) is 3.45. The lowest BCUT2D eigenvalue weighted by Crippen LogP contribution is -2.11. The summed E-state index contributed by atoms with van der Waals surface area (Å²) in [7, 11) is 0. The fraction of sp³-hybridized carbons (Fsp3) is 0.0769. The molecular formula is C13H8N4O2S2. The van der Waals surface area contributed by atoms with Crippen LogP contribution in [0.25, 0.3) is 20.4 Å². The zero-order chi connectivity index (χ0) is 14.4. The van der Waals surface area contributed by atoms with Gasteiger partial charge in [0.25, 0.3) is 5.91 Å². The Morgan fingerprint density at radius 3 is 2.71 bits per heavy atom. The molecule has 4 rings (SSSR count). The molecule has 0 atom stereocenters. The van der Waals surface area contributed by atoms with Gasteiger partial charge in [-0.25, -0.2) is 15.0 Å². The number of hydrogen-bond acceptors (Lipinski definition) is 7. The molecule has 104 valence electrons. The van der Waals surface area contributed by atoms with Gasteiger partial charge in [0, 0.05) is 0 Å². The van der Waals surface area contributed by atoms with E-state index in [0.29, 0.717) is 5.13 Å². The van der Waals surface area contributed by atoms with Gasteiger partial charge >= 0.3 is 0 Å². The summed E-state index contributed by atoms with van der Waals surface area (Å²) >= 11 is 3.07. The Morgan fingerprint density at radius 2 is 1.95 bits per heavy atom. The van der Waals surface area contributed by atoms with Crippen molar-refractivity contribution in [3.05, 3.63) is 35.5 Å². The molecule has 0 spiro atoms. The monoisotopic (exact) mass is 316 g/mol. The first-order chi connectivity index (χ1) is 10.2. The third kappa shape index (κ3) is 2.08. The zero-order valence-corrected chi connectivity index (χ0v) is 12.4. The van der Waals surface area contributed by atoms with Crippen LogP contribution in [0.4, 0.5) is 5.13 Å². The highest BCUT2D eigenvalue weighted by Crippen LogP contribution is 2.35. The fourth-order valence-corrected chi connectivity index (χ4v) is 4.03. The SMILES string of the molecule is Cc1nc2ccc3nc(NC(=O)c4cocn4)sc3c2s1. The number of benzene rings is 1. The minimum Gasteiger partial charge on any atom is -0.451 e. The molecule has 0 aliphatic rings. The minimum absolute atomic E-state index is 0.230. The van der Waals surface area contributed by atoms with E-state index in [1.165, 1.54) is 24.0 Å². The summed E-state index contributed by atoms with van der Waals surface area (Å²) in [5.41, 5.74) is 2.04. The number of oxazole rings is 1. The van der Waals surface area contributed by atoms with Crippen LogP contribution in [0.1, 0.15) is 15.5 Å². The van der Waals surface area contributed by atoms with Crippen molar-refractivity contribution < 1.29 is 9.21 Å². The van der Waals surface area contributed by atoms with Gasteiger partial charge in [-0.15, -0.1) is 11.3 Å². The molecule has 3 heterocycles. The van der Waals surface area contributed by atoms with Crippen molar-refractivity contribution in [3.63, 3.8) is 0 Å². The van der Waals surface area contributed by atoms with E-state index in [0.717, 1.165) is 25.4 Å². The maximum absolute atomic E-state index is 11.9. The van der Waals surface area contributed by atoms with Crippen LogP contribution < -0.4 is 5.32 Å². The van der Waals surface area contributed by atoms with Crippen LogP contribution in [0.3, 0.4) is 0 Å². The molecule has 1 N–H and O–H groups in total. The quantitative estimate of drug-likeness (QED) is 0.612. The molecule has 0 aliphatic heterocycles. The van der Waals surface area contributed by atoms with Gasteiger partial charge in [0.1, 0.15) is 6.26 Å². The van der Waals surface area contributed by atoms with Gasteiger partial charge in [-0.2, -0.15) is 0 Å². The molecule has 0 radical (unpaired) electrons. The van der Waals surface area contributed by atoms with Crippen LogP contribution in [0.2, 0.25) is 0 Å². The molecule has 8 heteroatoms. The molecule has 0 saturated carbocycles. The van der Waals surface area contributed by atoms with Gasteiger partial charge in [0.2, 0.25) is 0 Å². The number of anilines is 1. The van der Waals surface area contributed by atoms with E-state index in [1.54, 1.807) is 11.3 Å². The number of thiazole rings is 2. The Balaban J connectivity index is 1.76. The summed E-state index contributed by atoms with van der Waals surface area (Å²) in [5.74, 6) is -0.334. The highest BCUT2D eigenvalue weighted by atomic mass is 32.1. The van der Waals surface area contributed by atoms with Crippen molar-refractivity contribution in [2.45, 2.75) is 6.92 Å². The van der Waals surface area contributed by atoms with Crippen molar-refractivity contribution in [3.8, 4) is 0 Å². The maximum Gasteiger partial charge on any atom is 0.279 e. The smallest absolute Gasteiger partial charge is 0.279 e. The first kappa shape index (κ1) is 12.4. The molecular weight excluding hydrogens is 308 g/mol. The van der Waals surface area contributed by atoms with Crippen LogP contribution in [-0.4, -0.2) is 20.9 Å². The Kier molecular flexibility index (Phi) is 2.72. The number of hydrogen-bond donors (Lipinski definition) is 1. The number of fused-ring (bicyclic) bond motifs is 3. The van der Waals surface area contributed by atoms with Crippen LogP contribution in [0.15, 0.2) is 29.2 Å². The number of carbonyl (C=O) groups excluding carboxylic acids is 1. The van der Waals surface area contributed by atoms with Crippen molar-refractivity contribution in [2.75, 3.05) is 5.32 Å². The van der Waals surface area contributed by atoms with E-state index in [-0.39, 0.29) is 11.6 Å². The summed E-state index contributed by atoms with van der Waals surface area (Å²) < 4.78 is 6.93. The Morgan fingerprint density at radius 1 is 1.19 bits per heavy atom. The van der Waals surface area contributed by atoms with E-state index in [2.05, 4.69) is 20.3 Å². The molecule has 1 aromatic carbocycles. The van der Waals surface area contributed by atoms with Gasteiger partial charge in [-0.1, -0.05) is 11.3 Å². The Hall–Kier alpha value is -2.32. The number of nitrogens with zero attached hydrogens (tertiary/aromatic N) is 3. The molecule has 0 aliphatic carbocycles. The second-order valence-corrected chi connectivity index (χ2v) is 6.54. The number of aromatic nitrogens is 3. The first-order valence-corrected chi connectivity index (χ1v) is 7.70. The topological polar surface area (TPSA) is 80.9 Å². The van der Waals surface area contributed by atoms with Crippen molar-refractivity contribution in [1.82, 2.24) is 15.0 Å². The third-order valence-electron chi connectivity index (χ3n) is 2.90. The first-order valence-electron chi connectivity index (χ1n) is 6.07. The van der Waals surface area contributed by atoms with Crippen LogP contribution >= 0.6 is 22.7 Å². The number of rotatable bonds is 2. The zero-order valence-electron chi connectivity index (χ0n) is 10.8. The highest BCUT2D eigenvalue weighted by molar-refractivity contribution is 7.28. The summed E-state index contributed by atoms with van der Waals surface area (Å²) in [6.45, 7) is 1.98. The molecule has 0 bridgehead atoms. The van der Waals surface area contributed by atoms with Crippen LogP contribution in [0, 0.1) is 6.92 Å².